The van der Waals surface area contributed by atoms with E-state index in [1.165, 1.54) is 11.7 Å². The molecule has 142 valence electrons. The number of carbonyl (C=O) groups excluding carboxylic acids is 1. The molecule has 0 fully saturated rings. The Morgan fingerprint density at radius 3 is 2.59 bits per heavy atom. The molecule has 2 aromatic carbocycles. The highest BCUT2D eigenvalue weighted by atomic mass is 32.1. The van der Waals surface area contributed by atoms with E-state index in [1.807, 2.05) is 49.4 Å². The van der Waals surface area contributed by atoms with Gasteiger partial charge in [0.05, 0.1) is 17.8 Å². The minimum atomic E-state index is -0.119. The van der Waals surface area contributed by atoms with Crippen LogP contribution in [0.25, 0.3) is 11.0 Å². The smallest absolute Gasteiger partial charge is 0.317 e. The van der Waals surface area contributed by atoms with Gasteiger partial charge in [0.2, 0.25) is 0 Å². The standard InChI is InChI=1S/C20H24N4O2S/c1-4-14(2)26-17-8-5-15(6-9-17)12-21-20(25)24(3)13-16-7-10-18-19(11-16)23-27-22-18/h5-11,14H,4,12-13H2,1-3H3,(H,21,25). The molecule has 1 unspecified atom stereocenters. The fraction of sp³-hybridized carbons (Fsp3) is 0.350. The van der Waals surface area contributed by atoms with Crippen molar-refractivity contribution >= 4 is 28.8 Å². The fourth-order valence-corrected chi connectivity index (χ4v) is 3.10. The van der Waals surface area contributed by atoms with E-state index in [4.69, 9.17) is 4.74 Å². The largest absolute Gasteiger partial charge is 0.491 e. The lowest BCUT2D eigenvalue weighted by Gasteiger charge is -2.18. The summed E-state index contributed by atoms with van der Waals surface area (Å²) < 4.78 is 14.2. The van der Waals surface area contributed by atoms with Gasteiger partial charge in [-0.2, -0.15) is 8.75 Å². The number of nitrogens with one attached hydrogen (secondary N) is 1. The highest BCUT2D eigenvalue weighted by Crippen LogP contribution is 2.16. The Bertz CT molecular complexity index is 894. The number of ether oxygens (including phenoxy) is 1. The summed E-state index contributed by atoms with van der Waals surface area (Å²) in [4.78, 5) is 14.0. The molecule has 0 saturated heterocycles. The van der Waals surface area contributed by atoms with Gasteiger partial charge < -0.3 is 15.0 Å². The van der Waals surface area contributed by atoms with Crippen LogP contribution >= 0.6 is 11.7 Å². The van der Waals surface area contributed by atoms with Crippen LogP contribution in [0, 0.1) is 0 Å². The molecule has 7 heteroatoms. The van der Waals surface area contributed by atoms with Gasteiger partial charge in [0, 0.05) is 20.1 Å². The summed E-state index contributed by atoms with van der Waals surface area (Å²) in [5, 5.41) is 2.94. The third-order valence-corrected chi connectivity index (χ3v) is 4.92. The maximum absolute atomic E-state index is 12.3. The Morgan fingerprint density at radius 1 is 1.15 bits per heavy atom. The van der Waals surface area contributed by atoms with Crippen molar-refractivity contribution in [1.29, 1.82) is 0 Å². The number of fused-ring (bicyclic) bond motifs is 1. The monoisotopic (exact) mass is 384 g/mol. The van der Waals surface area contributed by atoms with Gasteiger partial charge >= 0.3 is 6.03 Å². The molecule has 0 aliphatic carbocycles. The Hall–Kier alpha value is -2.67. The van der Waals surface area contributed by atoms with Crippen LogP contribution in [0.5, 0.6) is 5.75 Å². The molecule has 27 heavy (non-hydrogen) atoms. The second-order valence-electron chi connectivity index (χ2n) is 6.58. The SMILES string of the molecule is CCC(C)Oc1ccc(CNC(=O)N(C)Cc2ccc3nsnc3c2)cc1. The van der Waals surface area contributed by atoms with E-state index in [9.17, 15) is 4.79 Å². The molecule has 2 amide bonds. The number of carbonyl (C=O) groups is 1. The summed E-state index contributed by atoms with van der Waals surface area (Å²) >= 11 is 1.20. The topological polar surface area (TPSA) is 67.3 Å². The van der Waals surface area contributed by atoms with Gasteiger partial charge in [-0.15, -0.1) is 0 Å². The molecule has 0 spiro atoms. The Kier molecular flexibility index (Phi) is 6.24. The number of rotatable bonds is 7. The van der Waals surface area contributed by atoms with Gasteiger partial charge in [-0.25, -0.2) is 4.79 Å². The van der Waals surface area contributed by atoms with E-state index < -0.39 is 0 Å². The van der Waals surface area contributed by atoms with E-state index >= 15 is 0 Å². The Morgan fingerprint density at radius 2 is 1.85 bits per heavy atom. The van der Waals surface area contributed by atoms with Crippen LogP contribution in [-0.2, 0) is 13.1 Å². The van der Waals surface area contributed by atoms with Crippen LogP contribution in [-0.4, -0.2) is 32.8 Å². The number of benzene rings is 2. The average Bonchev–Trinajstić information content (AvgIpc) is 3.14. The summed E-state index contributed by atoms with van der Waals surface area (Å²) in [6.07, 6.45) is 1.17. The van der Waals surface area contributed by atoms with E-state index in [-0.39, 0.29) is 12.1 Å². The van der Waals surface area contributed by atoms with Crippen molar-refractivity contribution in [1.82, 2.24) is 19.0 Å². The summed E-state index contributed by atoms with van der Waals surface area (Å²) in [5.41, 5.74) is 3.81. The van der Waals surface area contributed by atoms with Crippen molar-refractivity contribution in [3.05, 3.63) is 53.6 Å². The second kappa shape index (κ2) is 8.81. The maximum Gasteiger partial charge on any atom is 0.317 e. The van der Waals surface area contributed by atoms with Crippen molar-refractivity contribution in [3.63, 3.8) is 0 Å². The van der Waals surface area contributed by atoms with Crippen LogP contribution in [0.3, 0.4) is 0 Å². The number of amides is 2. The summed E-state index contributed by atoms with van der Waals surface area (Å²) in [6, 6.07) is 13.6. The van der Waals surface area contributed by atoms with Crippen LogP contribution in [0.15, 0.2) is 42.5 Å². The van der Waals surface area contributed by atoms with Gasteiger partial charge in [-0.3, -0.25) is 0 Å². The second-order valence-corrected chi connectivity index (χ2v) is 7.11. The summed E-state index contributed by atoms with van der Waals surface area (Å²) in [5.74, 6) is 0.850. The zero-order chi connectivity index (χ0) is 19.2. The molecule has 0 aliphatic heterocycles. The van der Waals surface area contributed by atoms with Gasteiger partial charge in [0.15, 0.2) is 0 Å². The summed E-state index contributed by atoms with van der Waals surface area (Å²) in [6.45, 7) is 5.13. The highest BCUT2D eigenvalue weighted by Gasteiger charge is 2.10. The molecular weight excluding hydrogens is 360 g/mol. The van der Waals surface area contributed by atoms with Gasteiger partial charge in [0.25, 0.3) is 0 Å². The first-order valence-electron chi connectivity index (χ1n) is 9.01. The molecule has 0 bridgehead atoms. The molecule has 0 radical (unpaired) electrons. The molecule has 3 rings (SSSR count). The Labute approximate surface area is 163 Å². The number of nitrogens with zero attached hydrogens (tertiary/aromatic N) is 3. The molecule has 1 heterocycles. The van der Waals surface area contributed by atoms with Gasteiger partial charge in [-0.05, 0) is 48.7 Å². The fourth-order valence-electron chi connectivity index (χ4n) is 2.59. The quantitative estimate of drug-likeness (QED) is 0.663. The van der Waals surface area contributed by atoms with Gasteiger partial charge in [-0.1, -0.05) is 25.1 Å². The van der Waals surface area contributed by atoms with Crippen molar-refractivity contribution in [2.75, 3.05) is 7.05 Å². The average molecular weight is 385 g/mol. The third kappa shape index (κ3) is 5.17. The molecule has 1 aromatic heterocycles. The lowest BCUT2D eigenvalue weighted by molar-refractivity contribution is 0.206. The number of urea groups is 1. The predicted octanol–water partition coefficient (Wildman–Crippen LogP) is 4.21. The molecular formula is C20H24N4O2S. The predicted molar refractivity (Wildman–Crippen MR) is 108 cm³/mol. The first kappa shape index (κ1) is 19.1. The minimum Gasteiger partial charge on any atom is -0.491 e. The van der Waals surface area contributed by atoms with Crippen LogP contribution < -0.4 is 10.1 Å². The van der Waals surface area contributed by atoms with Crippen molar-refractivity contribution in [3.8, 4) is 5.75 Å². The van der Waals surface area contributed by atoms with Crippen molar-refractivity contribution < 1.29 is 9.53 Å². The van der Waals surface area contributed by atoms with E-state index in [2.05, 4.69) is 21.0 Å². The molecule has 6 nitrogen and oxygen atoms in total. The molecule has 3 aromatic rings. The number of hydrogen-bond donors (Lipinski definition) is 1. The van der Waals surface area contributed by atoms with E-state index in [0.717, 1.165) is 34.3 Å². The van der Waals surface area contributed by atoms with Crippen LogP contribution in [0.4, 0.5) is 4.79 Å². The molecule has 0 saturated carbocycles. The first-order valence-corrected chi connectivity index (χ1v) is 9.74. The minimum absolute atomic E-state index is 0.119. The maximum atomic E-state index is 12.3. The normalized spacial score (nSPS) is 12.0. The molecule has 1 N–H and O–H groups in total. The zero-order valence-corrected chi connectivity index (χ0v) is 16.6. The lowest BCUT2D eigenvalue weighted by Crippen LogP contribution is -2.36. The lowest BCUT2D eigenvalue weighted by atomic mass is 10.2. The van der Waals surface area contributed by atoms with Crippen molar-refractivity contribution in [2.45, 2.75) is 39.5 Å². The van der Waals surface area contributed by atoms with Crippen LogP contribution in [0.1, 0.15) is 31.4 Å². The summed E-state index contributed by atoms with van der Waals surface area (Å²) in [7, 11) is 1.78. The molecule has 1 atom stereocenters. The highest BCUT2D eigenvalue weighted by molar-refractivity contribution is 7.00. The Balaban J connectivity index is 1.50. The van der Waals surface area contributed by atoms with E-state index in [0.29, 0.717) is 13.1 Å². The third-order valence-electron chi connectivity index (χ3n) is 4.36. The van der Waals surface area contributed by atoms with Gasteiger partial charge in [0.1, 0.15) is 16.8 Å². The van der Waals surface area contributed by atoms with Crippen molar-refractivity contribution in [2.24, 2.45) is 0 Å². The van der Waals surface area contributed by atoms with E-state index in [1.54, 1.807) is 11.9 Å². The number of hydrogen-bond acceptors (Lipinski definition) is 5. The zero-order valence-electron chi connectivity index (χ0n) is 15.8. The number of aromatic nitrogens is 2. The van der Waals surface area contributed by atoms with Crippen LogP contribution in [0.2, 0.25) is 0 Å². The first-order chi connectivity index (χ1) is 13.0. The molecule has 0 aliphatic rings.